The molecule has 0 aliphatic carbocycles. The van der Waals surface area contributed by atoms with Gasteiger partial charge in [0.1, 0.15) is 17.3 Å². The van der Waals surface area contributed by atoms with Crippen LogP contribution in [0.2, 0.25) is 5.02 Å². The molecular formula is C21H30ClN3O4S. The minimum absolute atomic E-state index is 0.0552. The number of unbranched alkanes of at least 4 members (excludes halogenated alkanes) is 3. The summed E-state index contributed by atoms with van der Waals surface area (Å²) in [5.74, 6) is 0.494. The molecule has 30 heavy (non-hydrogen) atoms. The van der Waals surface area contributed by atoms with E-state index in [0.29, 0.717) is 30.4 Å². The Kier molecular flexibility index (Phi) is 9.17. The van der Waals surface area contributed by atoms with Gasteiger partial charge in [0.15, 0.2) is 0 Å². The zero-order chi connectivity index (χ0) is 22.1. The van der Waals surface area contributed by atoms with Crippen molar-refractivity contribution in [2.24, 2.45) is 0 Å². The zero-order valence-corrected chi connectivity index (χ0v) is 19.4. The molecule has 1 aromatic heterocycles. The number of benzene rings is 1. The number of imidazole rings is 1. The number of nitrogens with one attached hydrogen (secondary N) is 1. The Hall–Kier alpha value is -2.06. The third kappa shape index (κ3) is 7.32. The van der Waals surface area contributed by atoms with Crippen LogP contribution in [0.4, 0.5) is 0 Å². The number of amides is 1. The Morgan fingerprint density at radius 3 is 2.60 bits per heavy atom. The van der Waals surface area contributed by atoms with E-state index in [0.717, 1.165) is 37.0 Å². The van der Waals surface area contributed by atoms with Crippen LogP contribution in [0, 0.1) is 6.92 Å². The number of aryl methyl sites for hydroxylation is 1. The molecule has 1 heterocycles. The number of halogens is 1. The third-order valence-corrected chi connectivity index (χ3v) is 6.28. The van der Waals surface area contributed by atoms with Crippen molar-refractivity contribution in [3.8, 4) is 5.75 Å². The quantitative estimate of drug-likeness (QED) is 0.481. The fourth-order valence-corrected chi connectivity index (χ4v) is 4.22. The van der Waals surface area contributed by atoms with E-state index in [-0.39, 0.29) is 11.4 Å². The molecule has 1 aromatic carbocycles. The zero-order valence-electron chi connectivity index (χ0n) is 17.8. The van der Waals surface area contributed by atoms with E-state index in [1.165, 1.54) is 6.20 Å². The van der Waals surface area contributed by atoms with Crippen molar-refractivity contribution in [3.05, 3.63) is 46.5 Å². The van der Waals surface area contributed by atoms with Gasteiger partial charge in [-0.05, 0) is 37.5 Å². The highest BCUT2D eigenvalue weighted by atomic mass is 35.5. The molecule has 2 rings (SSSR count). The Balaban J connectivity index is 2.04. The summed E-state index contributed by atoms with van der Waals surface area (Å²) in [7, 11) is -3.66. The van der Waals surface area contributed by atoms with E-state index < -0.39 is 15.9 Å². The first-order valence-corrected chi connectivity index (χ1v) is 12.3. The van der Waals surface area contributed by atoms with Gasteiger partial charge in [0, 0.05) is 11.2 Å². The van der Waals surface area contributed by atoms with Crippen molar-refractivity contribution in [2.75, 3.05) is 12.4 Å². The van der Waals surface area contributed by atoms with Gasteiger partial charge in [-0.1, -0.05) is 50.8 Å². The van der Waals surface area contributed by atoms with Crippen LogP contribution in [0.3, 0.4) is 0 Å². The molecule has 0 radical (unpaired) electrons. The average molecular weight is 456 g/mol. The molecular weight excluding hydrogens is 426 g/mol. The SMILES string of the molecule is CCCCCOc1ccc(Cn2cc(C(=O)NS(=O)(=O)CCCC)nc2C)c(Cl)c1. The van der Waals surface area contributed by atoms with Crippen molar-refractivity contribution in [2.45, 2.75) is 59.4 Å². The van der Waals surface area contributed by atoms with E-state index in [1.54, 1.807) is 17.6 Å². The number of hydrogen-bond acceptors (Lipinski definition) is 5. The smallest absolute Gasteiger partial charge is 0.284 e. The second-order valence-corrected chi connectivity index (χ2v) is 9.46. The second kappa shape index (κ2) is 11.4. The molecule has 1 amide bonds. The lowest BCUT2D eigenvalue weighted by Gasteiger charge is -2.10. The van der Waals surface area contributed by atoms with Crippen molar-refractivity contribution >= 4 is 27.5 Å². The predicted octanol–water partition coefficient (Wildman–Crippen LogP) is 4.32. The first-order chi connectivity index (χ1) is 14.3. The maximum atomic E-state index is 12.3. The summed E-state index contributed by atoms with van der Waals surface area (Å²) in [6, 6.07) is 5.53. The van der Waals surface area contributed by atoms with Crippen LogP contribution in [-0.4, -0.2) is 36.2 Å². The van der Waals surface area contributed by atoms with E-state index in [4.69, 9.17) is 16.3 Å². The lowest BCUT2D eigenvalue weighted by Crippen LogP contribution is -2.32. The van der Waals surface area contributed by atoms with Gasteiger partial charge in [-0.2, -0.15) is 0 Å². The summed E-state index contributed by atoms with van der Waals surface area (Å²) in [5.41, 5.74) is 0.903. The monoisotopic (exact) mass is 455 g/mol. The van der Waals surface area contributed by atoms with E-state index >= 15 is 0 Å². The van der Waals surface area contributed by atoms with Gasteiger partial charge in [-0.3, -0.25) is 4.79 Å². The Morgan fingerprint density at radius 2 is 1.93 bits per heavy atom. The number of carbonyl (C=O) groups is 1. The van der Waals surface area contributed by atoms with Crippen LogP contribution in [0.5, 0.6) is 5.75 Å². The summed E-state index contributed by atoms with van der Waals surface area (Å²) >= 11 is 6.40. The molecule has 0 aliphatic heterocycles. The first-order valence-electron chi connectivity index (χ1n) is 10.3. The van der Waals surface area contributed by atoms with Crippen LogP contribution >= 0.6 is 11.6 Å². The van der Waals surface area contributed by atoms with E-state index in [9.17, 15) is 13.2 Å². The fourth-order valence-electron chi connectivity index (χ4n) is 2.83. The van der Waals surface area contributed by atoms with Gasteiger partial charge in [0.2, 0.25) is 10.0 Å². The molecule has 0 unspecified atom stereocenters. The topological polar surface area (TPSA) is 90.3 Å². The minimum atomic E-state index is -3.66. The lowest BCUT2D eigenvalue weighted by atomic mass is 10.2. The molecule has 9 heteroatoms. The van der Waals surface area contributed by atoms with Crippen LogP contribution in [0.1, 0.15) is 67.8 Å². The first kappa shape index (κ1) is 24.2. The molecule has 2 aromatic rings. The molecule has 0 saturated heterocycles. The van der Waals surface area contributed by atoms with Crippen molar-refractivity contribution in [1.82, 2.24) is 14.3 Å². The highest BCUT2D eigenvalue weighted by Gasteiger charge is 2.19. The number of rotatable bonds is 12. The number of hydrogen-bond donors (Lipinski definition) is 1. The van der Waals surface area contributed by atoms with E-state index in [2.05, 4.69) is 16.6 Å². The summed E-state index contributed by atoms with van der Waals surface area (Å²) in [5, 5.41) is 0.559. The number of carbonyl (C=O) groups excluding carboxylic acids is 1. The summed E-state index contributed by atoms with van der Waals surface area (Å²) in [6.07, 6.45) is 6.02. The van der Waals surface area contributed by atoms with Crippen molar-refractivity contribution in [3.63, 3.8) is 0 Å². The normalized spacial score (nSPS) is 11.5. The highest BCUT2D eigenvalue weighted by molar-refractivity contribution is 7.90. The molecule has 0 fully saturated rings. The van der Waals surface area contributed by atoms with Gasteiger partial charge >= 0.3 is 0 Å². The highest BCUT2D eigenvalue weighted by Crippen LogP contribution is 2.24. The molecule has 1 N–H and O–H groups in total. The van der Waals surface area contributed by atoms with E-state index in [1.807, 2.05) is 19.1 Å². The molecule has 166 valence electrons. The van der Waals surface area contributed by atoms with Gasteiger partial charge in [0.05, 0.1) is 18.9 Å². The minimum Gasteiger partial charge on any atom is -0.494 e. The predicted molar refractivity (Wildman–Crippen MR) is 119 cm³/mol. The molecule has 7 nitrogen and oxygen atoms in total. The Labute approximate surface area is 183 Å². The number of nitrogens with zero attached hydrogens (tertiary/aromatic N) is 2. The summed E-state index contributed by atoms with van der Waals surface area (Å²) < 4.78 is 33.4. The van der Waals surface area contributed by atoms with Crippen LogP contribution in [0.25, 0.3) is 0 Å². The van der Waals surface area contributed by atoms with Gasteiger partial charge in [0.25, 0.3) is 5.91 Å². The van der Waals surface area contributed by atoms with Crippen molar-refractivity contribution < 1.29 is 17.9 Å². The second-order valence-electron chi connectivity index (χ2n) is 7.21. The molecule has 0 bridgehead atoms. The number of ether oxygens (including phenoxy) is 1. The van der Waals surface area contributed by atoms with Gasteiger partial charge in [-0.25, -0.2) is 18.1 Å². The molecule has 0 aliphatic rings. The van der Waals surface area contributed by atoms with Gasteiger partial charge in [-0.15, -0.1) is 0 Å². The summed E-state index contributed by atoms with van der Waals surface area (Å²) in [6.45, 7) is 6.84. The maximum absolute atomic E-state index is 12.3. The molecule has 0 spiro atoms. The van der Waals surface area contributed by atoms with Crippen LogP contribution in [0.15, 0.2) is 24.4 Å². The summed E-state index contributed by atoms with van der Waals surface area (Å²) in [4.78, 5) is 16.5. The molecule has 0 saturated carbocycles. The standard InChI is InChI=1S/C21H30ClN3O4S/c1-4-6-8-11-29-18-10-9-17(19(22)13-18)14-25-15-20(23-16(25)3)21(26)24-30(27,28)12-7-5-2/h9-10,13,15H,4-8,11-12,14H2,1-3H3,(H,24,26). The van der Waals surface area contributed by atoms with Gasteiger partial charge < -0.3 is 9.30 Å². The molecule has 0 atom stereocenters. The van der Waals surface area contributed by atoms with Crippen LogP contribution < -0.4 is 9.46 Å². The maximum Gasteiger partial charge on any atom is 0.284 e. The largest absolute Gasteiger partial charge is 0.494 e. The Bertz CT molecular complexity index is 957. The van der Waals surface area contributed by atoms with Crippen molar-refractivity contribution in [1.29, 1.82) is 0 Å². The number of aromatic nitrogens is 2. The third-order valence-electron chi connectivity index (χ3n) is 4.61. The Morgan fingerprint density at radius 1 is 1.20 bits per heavy atom. The fraction of sp³-hybridized carbons (Fsp3) is 0.524. The average Bonchev–Trinajstić information content (AvgIpc) is 3.06. The lowest BCUT2D eigenvalue weighted by molar-refractivity contribution is 0.0977. The number of sulfonamides is 1. The van der Waals surface area contributed by atoms with Crippen LogP contribution in [-0.2, 0) is 16.6 Å².